The molecule has 1 atom stereocenters. The average molecular weight is 202 g/mol. The molecule has 1 rings (SSSR count). The molecule has 0 saturated heterocycles. The van der Waals surface area contributed by atoms with E-state index >= 15 is 0 Å². The number of hydrogen-bond donors (Lipinski definition) is 2. The van der Waals surface area contributed by atoms with E-state index in [1.165, 1.54) is 0 Å². The zero-order valence-electron chi connectivity index (χ0n) is 8.53. The van der Waals surface area contributed by atoms with E-state index in [9.17, 15) is 4.79 Å². The predicted molar refractivity (Wildman–Crippen MR) is 51.0 cm³/mol. The molecule has 1 fully saturated rings. The van der Waals surface area contributed by atoms with Crippen molar-refractivity contribution in [3.05, 3.63) is 0 Å². The van der Waals surface area contributed by atoms with Crippen molar-refractivity contribution in [3.63, 3.8) is 0 Å². The Kier molecular flexibility index (Phi) is 3.89. The average Bonchev–Trinajstić information content (AvgIpc) is 2.66. The van der Waals surface area contributed by atoms with E-state index < -0.39 is 11.6 Å². The van der Waals surface area contributed by atoms with Crippen LogP contribution in [0.3, 0.4) is 0 Å². The number of ether oxygens (including phenoxy) is 1. The molecular weight excluding hydrogens is 184 g/mol. The first kappa shape index (κ1) is 11.5. The van der Waals surface area contributed by atoms with Gasteiger partial charge in [0.2, 0.25) is 0 Å². The van der Waals surface area contributed by atoms with Gasteiger partial charge >= 0.3 is 5.97 Å². The van der Waals surface area contributed by atoms with E-state index in [-0.39, 0.29) is 19.1 Å². The van der Waals surface area contributed by atoms with Gasteiger partial charge in [-0.05, 0) is 25.7 Å². The Morgan fingerprint density at radius 1 is 1.50 bits per heavy atom. The molecule has 1 unspecified atom stereocenters. The summed E-state index contributed by atoms with van der Waals surface area (Å²) in [7, 11) is 0. The number of aliphatic hydroxyl groups excluding tert-OH is 1. The van der Waals surface area contributed by atoms with Gasteiger partial charge in [-0.3, -0.25) is 0 Å². The van der Waals surface area contributed by atoms with Crippen LogP contribution in [-0.4, -0.2) is 35.0 Å². The lowest BCUT2D eigenvalue weighted by molar-refractivity contribution is -0.172. The Balaban J connectivity index is 2.64. The highest BCUT2D eigenvalue weighted by Gasteiger charge is 2.43. The van der Waals surface area contributed by atoms with Gasteiger partial charge in [0.1, 0.15) is 0 Å². The molecule has 0 amide bonds. The van der Waals surface area contributed by atoms with Crippen molar-refractivity contribution in [2.45, 2.75) is 38.2 Å². The zero-order chi connectivity index (χ0) is 10.6. The molecule has 4 heteroatoms. The summed E-state index contributed by atoms with van der Waals surface area (Å²) < 4.78 is 5.27. The summed E-state index contributed by atoms with van der Waals surface area (Å²) in [6.07, 6.45) is 3.98. The molecule has 82 valence electrons. The van der Waals surface area contributed by atoms with Crippen LogP contribution in [0.5, 0.6) is 0 Å². The Labute approximate surface area is 83.9 Å². The van der Waals surface area contributed by atoms with E-state index in [4.69, 9.17) is 14.9 Å². The minimum Gasteiger partial charge on any atom is -0.479 e. The molecule has 0 aliphatic heterocycles. The third kappa shape index (κ3) is 2.25. The SMILES string of the molecule is CC(OCCO)(C(=O)O)C1CCCC1. The van der Waals surface area contributed by atoms with Crippen molar-refractivity contribution in [2.24, 2.45) is 5.92 Å². The molecule has 1 aliphatic rings. The van der Waals surface area contributed by atoms with Crippen molar-refractivity contribution >= 4 is 5.97 Å². The summed E-state index contributed by atoms with van der Waals surface area (Å²) in [5.41, 5.74) is -1.11. The minimum absolute atomic E-state index is 0.0894. The summed E-state index contributed by atoms with van der Waals surface area (Å²) >= 11 is 0. The Bertz CT molecular complexity index is 198. The molecule has 0 bridgehead atoms. The highest BCUT2D eigenvalue weighted by molar-refractivity contribution is 5.77. The third-order valence-corrected chi connectivity index (χ3v) is 3.05. The van der Waals surface area contributed by atoms with Gasteiger partial charge in [0.05, 0.1) is 13.2 Å². The van der Waals surface area contributed by atoms with Crippen LogP contribution >= 0.6 is 0 Å². The molecule has 1 saturated carbocycles. The molecular formula is C10H18O4. The highest BCUT2D eigenvalue weighted by atomic mass is 16.5. The van der Waals surface area contributed by atoms with Gasteiger partial charge in [-0.1, -0.05) is 12.8 Å². The van der Waals surface area contributed by atoms with Crippen molar-refractivity contribution in [1.82, 2.24) is 0 Å². The highest BCUT2D eigenvalue weighted by Crippen LogP contribution is 2.36. The largest absolute Gasteiger partial charge is 0.479 e. The van der Waals surface area contributed by atoms with Crippen molar-refractivity contribution in [2.75, 3.05) is 13.2 Å². The summed E-state index contributed by atoms with van der Waals surface area (Å²) in [4.78, 5) is 11.1. The van der Waals surface area contributed by atoms with Crippen LogP contribution in [0.15, 0.2) is 0 Å². The van der Waals surface area contributed by atoms with Crippen molar-refractivity contribution < 1.29 is 19.7 Å². The minimum atomic E-state index is -1.11. The van der Waals surface area contributed by atoms with Crippen molar-refractivity contribution in [3.8, 4) is 0 Å². The van der Waals surface area contributed by atoms with Crippen LogP contribution in [0, 0.1) is 5.92 Å². The summed E-state index contributed by atoms with van der Waals surface area (Å²) in [6.45, 7) is 1.58. The number of carboxylic acids is 1. The van der Waals surface area contributed by atoms with Gasteiger partial charge in [-0.2, -0.15) is 0 Å². The lowest BCUT2D eigenvalue weighted by atomic mass is 9.87. The first-order valence-electron chi connectivity index (χ1n) is 5.09. The molecule has 4 nitrogen and oxygen atoms in total. The van der Waals surface area contributed by atoms with Crippen molar-refractivity contribution in [1.29, 1.82) is 0 Å². The van der Waals surface area contributed by atoms with E-state index in [0.717, 1.165) is 25.7 Å². The van der Waals surface area contributed by atoms with E-state index in [0.29, 0.717) is 0 Å². The fourth-order valence-electron chi connectivity index (χ4n) is 2.09. The molecule has 0 heterocycles. The van der Waals surface area contributed by atoms with Gasteiger partial charge in [-0.25, -0.2) is 4.79 Å². The number of hydrogen-bond acceptors (Lipinski definition) is 3. The standard InChI is InChI=1S/C10H18O4/c1-10(9(12)13,14-7-6-11)8-4-2-3-5-8/h8,11H,2-7H2,1H3,(H,12,13). The van der Waals surface area contributed by atoms with E-state index in [1.54, 1.807) is 6.92 Å². The second-order valence-corrected chi connectivity index (χ2v) is 3.97. The van der Waals surface area contributed by atoms with Gasteiger partial charge in [0.15, 0.2) is 5.60 Å². The summed E-state index contributed by atoms with van der Waals surface area (Å²) in [5, 5.41) is 17.7. The Hall–Kier alpha value is -0.610. The Morgan fingerprint density at radius 3 is 2.50 bits per heavy atom. The molecule has 0 aromatic heterocycles. The second kappa shape index (κ2) is 4.75. The topological polar surface area (TPSA) is 66.8 Å². The summed E-state index contributed by atoms with van der Waals surface area (Å²) in [6, 6.07) is 0. The number of carbonyl (C=O) groups is 1. The molecule has 2 N–H and O–H groups in total. The number of aliphatic carboxylic acids is 1. The van der Waals surface area contributed by atoms with Gasteiger partial charge in [0.25, 0.3) is 0 Å². The maximum absolute atomic E-state index is 11.1. The van der Waals surface area contributed by atoms with Crippen LogP contribution < -0.4 is 0 Å². The van der Waals surface area contributed by atoms with Crippen LogP contribution in [0.2, 0.25) is 0 Å². The van der Waals surface area contributed by atoms with Crippen LogP contribution in [0.1, 0.15) is 32.6 Å². The Morgan fingerprint density at radius 2 is 2.07 bits per heavy atom. The second-order valence-electron chi connectivity index (χ2n) is 3.97. The predicted octanol–water partition coefficient (Wildman–Crippen LogP) is 1.03. The van der Waals surface area contributed by atoms with Gasteiger partial charge in [0, 0.05) is 0 Å². The quantitative estimate of drug-likeness (QED) is 0.698. The maximum atomic E-state index is 11.1. The van der Waals surface area contributed by atoms with Crippen LogP contribution in [0.4, 0.5) is 0 Å². The molecule has 0 aromatic carbocycles. The molecule has 0 aromatic rings. The van der Waals surface area contributed by atoms with E-state index in [1.807, 2.05) is 0 Å². The molecule has 0 radical (unpaired) electrons. The molecule has 14 heavy (non-hydrogen) atoms. The smallest absolute Gasteiger partial charge is 0.335 e. The number of carboxylic acid groups (broad SMARTS) is 1. The van der Waals surface area contributed by atoms with Gasteiger partial charge < -0.3 is 14.9 Å². The lowest BCUT2D eigenvalue weighted by Gasteiger charge is -2.31. The lowest BCUT2D eigenvalue weighted by Crippen LogP contribution is -2.45. The van der Waals surface area contributed by atoms with Crippen LogP contribution in [-0.2, 0) is 9.53 Å². The third-order valence-electron chi connectivity index (χ3n) is 3.05. The monoisotopic (exact) mass is 202 g/mol. The van der Waals surface area contributed by atoms with E-state index in [2.05, 4.69) is 0 Å². The van der Waals surface area contributed by atoms with Crippen LogP contribution in [0.25, 0.3) is 0 Å². The first-order valence-corrected chi connectivity index (χ1v) is 5.09. The fraction of sp³-hybridized carbons (Fsp3) is 0.900. The molecule has 0 spiro atoms. The molecule has 1 aliphatic carbocycles. The normalized spacial score (nSPS) is 22.1. The summed E-state index contributed by atoms with van der Waals surface area (Å²) in [5.74, 6) is -0.829. The first-order chi connectivity index (χ1) is 6.61. The number of rotatable bonds is 5. The maximum Gasteiger partial charge on any atom is 0.335 e. The zero-order valence-corrected chi connectivity index (χ0v) is 8.53. The van der Waals surface area contributed by atoms with Gasteiger partial charge in [-0.15, -0.1) is 0 Å². The fourth-order valence-corrected chi connectivity index (χ4v) is 2.09. The number of aliphatic hydroxyl groups is 1.